The Balaban J connectivity index is 0.00000180. The van der Waals surface area contributed by atoms with Gasteiger partial charge in [-0.1, -0.05) is 12.1 Å². The van der Waals surface area contributed by atoms with Crippen LogP contribution in [0.15, 0.2) is 24.3 Å². The van der Waals surface area contributed by atoms with E-state index < -0.39 is 0 Å². The third-order valence-corrected chi connectivity index (χ3v) is 8.30. The Morgan fingerprint density at radius 2 is 1.44 bits per heavy atom. The van der Waals surface area contributed by atoms with Crippen molar-refractivity contribution in [2.24, 2.45) is 17.8 Å². The molecule has 0 N–H and O–H groups in total. The number of rotatable bonds is 5. The van der Waals surface area contributed by atoms with Crippen molar-refractivity contribution in [2.45, 2.75) is 63.2 Å². The summed E-state index contributed by atoms with van der Waals surface area (Å²) in [6.45, 7) is 4.66. The fraction of sp³-hybridized carbons (Fsp3) is 0.750. The van der Waals surface area contributed by atoms with Crippen LogP contribution in [0.4, 0.5) is 0 Å². The maximum absolute atomic E-state index is 6.13. The second-order valence-corrected chi connectivity index (χ2v) is 10.4. The Morgan fingerprint density at radius 3 is 2.00 bits per heavy atom. The van der Waals surface area contributed by atoms with E-state index in [0.717, 1.165) is 36.7 Å². The first-order chi connectivity index (χ1) is 12.6. The molecule has 2 nitrogen and oxygen atoms in total. The SMILES string of the molecule is C[N+]1(CCOc2ccc(C34CC5CC(CC(C5)C3)C4)cc2)CCCCC1.[I-]. The van der Waals surface area contributed by atoms with Crippen molar-refractivity contribution in [1.29, 1.82) is 0 Å². The Bertz CT molecular complexity index is 599. The maximum atomic E-state index is 6.13. The molecule has 3 heteroatoms. The Kier molecular flexibility index (Phi) is 5.82. The molecule has 0 spiro atoms. The van der Waals surface area contributed by atoms with Gasteiger partial charge in [-0.3, -0.25) is 0 Å². The number of likely N-dealkylation sites (tertiary alicyclic amines) is 1. The van der Waals surface area contributed by atoms with E-state index in [4.69, 9.17) is 4.74 Å². The molecule has 150 valence electrons. The van der Waals surface area contributed by atoms with Gasteiger partial charge in [-0.05, 0) is 98.7 Å². The molecule has 1 aliphatic heterocycles. The van der Waals surface area contributed by atoms with Crippen LogP contribution in [0.2, 0.25) is 0 Å². The van der Waals surface area contributed by atoms with E-state index in [2.05, 4.69) is 31.3 Å². The fourth-order valence-electron chi connectivity index (χ4n) is 7.25. The number of hydrogen-bond acceptors (Lipinski definition) is 1. The summed E-state index contributed by atoms with van der Waals surface area (Å²) in [5.74, 6) is 4.13. The lowest BCUT2D eigenvalue weighted by Crippen LogP contribution is -3.00. The summed E-state index contributed by atoms with van der Waals surface area (Å²) in [4.78, 5) is 0. The van der Waals surface area contributed by atoms with E-state index in [-0.39, 0.29) is 24.0 Å². The number of benzene rings is 1. The average molecular weight is 481 g/mol. The molecular formula is C24H36INO. The van der Waals surface area contributed by atoms with Crippen LogP contribution >= 0.6 is 0 Å². The van der Waals surface area contributed by atoms with Crippen LogP contribution in [0.3, 0.4) is 0 Å². The predicted octanol–water partition coefficient (Wildman–Crippen LogP) is 2.17. The summed E-state index contributed by atoms with van der Waals surface area (Å²) in [6, 6.07) is 9.31. The largest absolute Gasteiger partial charge is 1.00 e. The Labute approximate surface area is 182 Å². The third-order valence-electron chi connectivity index (χ3n) is 8.30. The molecule has 0 unspecified atom stereocenters. The van der Waals surface area contributed by atoms with Gasteiger partial charge in [0, 0.05) is 0 Å². The highest BCUT2D eigenvalue weighted by Crippen LogP contribution is 2.60. The molecule has 1 heterocycles. The standard InChI is InChI=1S/C24H36NO.HI/c1-25(9-3-2-4-10-25)11-12-26-23-7-5-22(6-8-23)24-16-19-13-20(17-24)15-21(14-19)18-24;/h5-8,19-21H,2-4,9-18H2,1H3;1H/q+1;/p-1. The highest BCUT2D eigenvalue weighted by molar-refractivity contribution is 5.34. The van der Waals surface area contributed by atoms with E-state index in [1.165, 1.54) is 75.4 Å². The summed E-state index contributed by atoms with van der Waals surface area (Å²) < 4.78 is 7.33. The van der Waals surface area contributed by atoms with Crippen LogP contribution in [-0.4, -0.2) is 37.8 Å². The minimum absolute atomic E-state index is 0. The molecule has 5 aliphatic rings. The van der Waals surface area contributed by atoms with Gasteiger partial charge in [-0.15, -0.1) is 0 Å². The maximum Gasteiger partial charge on any atom is 0.137 e. The zero-order valence-electron chi connectivity index (χ0n) is 17.0. The molecule has 4 bridgehead atoms. The van der Waals surface area contributed by atoms with Crippen molar-refractivity contribution in [3.63, 3.8) is 0 Å². The first-order valence-electron chi connectivity index (χ1n) is 11.2. The van der Waals surface area contributed by atoms with Gasteiger partial charge in [0.25, 0.3) is 0 Å². The molecule has 1 aromatic rings. The van der Waals surface area contributed by atoms with E-state index in [1.54, 1.807) is 5.56 Å². The van der Waals surface area contributed by atoms with Gasteiger partial charge < -0.3 is 33.2 Å². The van der Waals surface area contributed by atoms with Crippen molar-refractivity contribution < 1.29 is 33.2 Å². The van der Waals surface area contributed by atoms with Crippen LogP contribution in [-0.2, 0) is 5.41 Å². The van der Waals surface area contributed by atoms with Gasteiger partial charge in [-0.2, -0.15) is 0 Å². The summed E-state index contributed by atoms with van der Waals surface area (Å²) in [5, 5.41) is 0. The number of piperidine rings is 1. The average Bonchev–Trinajstić information content (AvgIpc) is 2.61. The van der Waals surface area contributed by atoms with E-state index >= 15 is 0 Å². The highest BCUT2D eigenvalue weighted by Gasteiger charge is 2.51. The smallest absolute Gasteiger partial charge is 0.137 e. The Hall–Kier alpha value is -0.290. The van der Waals surface area contributed by atoms with Gasteiger partial charge in [0.1, 0.15) is 18.9 Å². The number of nitrogens with zero attached hydrogens (tertiary/aromatic N) is 1. The normalized spacial score (nSPS) is 36.3. The predicted molar refractivity (Wildman–Crippen MR) is 106 cm³/mol. The fourth-order valence-corrected chi connectivity index (χ4v) is 7.25. The number of hydrogen-bond donors (Lipinski definition) is 0. The summed E-state index contributed by atoms with van der Waals surface area (Å²) in [5.41, 5.74) is 2.12. The van der Waals surface area contributed by atoms with E-state index in [9.17, 15) is 0 Å². The zero-order valence-corrected chi connectivity index (χ0v) is 19.1. The van der Waals surface area contributed by atoms with Gasteiger partial charge in [0.2, 0.25) is 0 Å². The van der Waals surface area contributed by atoms with Crippen LogP contribution in [0.1, 0.15) is 63.4 Å². The number of ether oxygens (including phenoxy) is 1. The minimum Gasteiger partial charge on any atom is -1.00 e. The molecule has 6 rings (SSSR count). The third kappa shape index (κ3) is 4.05. The van der Waals surface area contributed by atoms with Gasteiger partial charge in [0.15, 0.2) is 0 Å². The first-order valence-corrected chi connectivity index (χ1v) is 11.2. The number of halogens is 1. The van der Waals surface area contributed by atoms with Gasteiger partial charge in [-0.25, -0.2) is 0 Å². The second kappa shape index (κ2) is 7.85. The first kappa shape index (κ1) is 20.0. The monoisotopic (exact) mass is 481 g/mol. The van der Waals surface area contributed by atoms with Crippen LogP contribution < -0.4 is 28.7 Å². The van der Waals surface area contributed by atoms with E-state index in [1.807, 2.05) is 0 Å². The van der Waals surface area contributed by atoms with Crippen molar-refractivity contribution in [2.75, 3.05) is 33.3 Å². The minimum atomic E-state index is 0. The van der Waals surface area contributed by atoms with Crippen LogP contribution in [0.25, 0.3) is 0 Å². The number of likely N-dealkylation sites (N-methyl/N-ethyl adjacent to an activating group) is 1. The topological polar surface area (TPSA) is 9.23 Å². The summed E-state index contributed by atoms with van der Waals surface area (Å²) in [6.07, 6.45) is 13.1. The molecule has 5 fully saturated rings. The van der Waals surface area contributed by atoms with Crippen molar-refractivity contribution in [1.82, 2.24) is 0 Å². The van der Waals surface area contributed by atoms with Gasteiger partial charge >= 0.3 is 0 Å². The van der Waals surface area contributed by atoms with Crippen LogP contribution in [0.5, 0.6) is 5.75 Å². The quantitative estimate of drug-likeness (QED) is 0.463. The lowest BCUT2D eigenvalue weighted by Gasteiger charge is -2.57. The second-order valence-electron chi connectivity index (χ2n) is 10.4. The zero-order chi connectivity index (χ0) is 17.6. The van der Waals surface area contributed by atoms with Crippen molar-refractivity contribution >= 4 is 0 Å². The molecule has 1 aromatic carbocycles. The van der Waals surface area contributed by atoms with Crippen LogP contribution in [0, 0.1) is 17.8 Å². The Morgan fingerprint density at radius 1 is 0.889 bits per heavy atom. The number of quaternary nitrogens is 1. The van der Waals surface area contributed by atoms with Crippen molar-refractivity contribution in [3.8, 4) is 5.75 Å². The molecule has 27 heavy (non-hydrogen) atoms. The molecule has 1 saturated heterocycles. The van der Waals surface area contributed by atoms with Crippen molar-refractivity contribution in [3.05, 3.63) is 29.8 Å². The lowest BCUT2D eigenvalue weighted by atomic mass is 9.48. The molecular weight excluding hydrogens is 445 g/mol. The molecule has 4 saturated carbocycles. The summed E-state index contributed by atoms with van der Waals surface area (Å²) in [7, 11) is 2.40. The highest BCUT2D eigenvalue weighted by atomic mass is 127. The molecule has 0 amide bonds. The summed E-state index contributed by atoms with van der Waals surface area (Å²) >= 11 is 0. The van der Waals surface area contributed by atoms with Gasteiger partial charge in [0.05, 0.1) is 20.1 Å². The molecule has 0 atom stereocenters. The molecule has 0 radical (unpaired) electrons. The lowest BCUT2D eigenvalue weighted by molar-refractivity contribution is -0.914. The van der Waals surface area contributed by atoms with E-state index in [0.29, 0.717) is 5.41 Å². The molecule has 0 aromatic heterocycles. The molecule has 4 aliphatic carbocycles.